The third kappa shape index (κ3) is 3.11. The maximum atomic E-state index is 11.2. The van der Waals surface area contributed by atoms with E-state index in [9.17, 15) is 8.76 Å². The molecule has 1 N–H and O–H groups in total. The Morgan fingerprint density at radius 2 is 1.93 bits per heavy atom. The van der Waals surface area contributed by atoms with Crippen LogP contribution >= 0.6 is 31.9 Å². The normalized spacial score (nSPS) is 15.3. The second-order valence-corrected chi connectivity index (χ2v) is 7.39. The summed E-state index contributed by atoms with van der Waals surface area (Å²) < 4.78 is 19.2. The van der Waals surface area contributed by atoms with Gasteiger partial charge in [-0.2, -0.15) is 5.26 Å². The molecule has 0 aromatic heterocycles. The summed E-state index contributed by atoms with van der Waals surface area (Å²) in [5.74, 6) is 0. The predicted molar refractivity (Wildman–Crippen MR) is 66.2 cm³/mol. The number of halogens is 2. The fourth-order valence-corrected chi connectivity index (χ4v) is 3.32. The number of alkyl halides is 2. The highest BCUT2D eigenvalue weighted by atomic mass is 79.9. The number of hydrogen-bond acceptors (Lipinski definition) is 2. The Morgan fingerprint density at radius 3 is 2.33 bits per heavy atom. The topological polar surface area (TPSA) is 61.1 Å². The first-order valence-electron chi connectivity index (χ1n) is 3.92. The van der Waals surface area contributed by atoms with Crippen molar-refractivity contribution in [2.45, 2.75) is 8.48 Å². The van der Waals surface area contributed by atoms with Crippen LogP contribution in [0.25, 0.3) is 0 Å². The fourth-order valence-electron chi connectivity index (χ4n) is 1.14. The molecule has 1 rings (SSSR count). The average molecular weight is 353 g/mol. The van der Waals surface area contributed by atoms with E-state index in [4.69, 9.17) is 5.26 Å². The molecule has 2 atom stereocenters. The van der Waals surface area contributed by atoms with Gasteiger partial charge in [0.15, 0.2) is 14.3 Å². The molecule has 0 saturated heterocycles. The highest BCUT2D eigenvalue weighted by molar-refractivity contribution is 9.25. The Balaban J connectivity index is 3.17. The zero-order valence-corrected chi connectivity index (χ0v) is 11.4. The SMILES string of the molecule is N#CC(Br)(Br)C(c1ccccc1)S(=O)O. The smallest absolute Gasteiger partial charge is 0.186 e. The molecule has 0 aliphatic carbocycles. The summed E-state index contributed by atoms with van der Waals surface area (Å²) in [6.07, 6.45) is 0. The van der Waals surface area contributed by atoms with Crippen molar-refractivity contribution in [1.82, 2.24) is 0 Å². The Morgan fingerprint density at radius 1 is 1.40 bits per heavy atom. The molecule has 0 aliphatic heterocycles. The largest absolute Gasteiger partial charge is 0.306 e. The van der Waals surface area contributed by atoms with Crippen LogP contribution in [0.1, 0.15) is 10.8 Å². The van der Waals surface area contributed by atoms with E-state index in [0.717, 1.165) is 0 Å². The summed E-state index contributed by atoms with van der Waals surface area (Å²) in [5, 5.41) is 8.04. The van der Waals surface area contributed by atoms with Gasteiger partial charge in [-0.3, -0.25) is 0 Å². The first-order chi connectivity index (χ1) is 6.99. The van der Waals surface area contributed by atoms with Crippen LogP contribution in [0, 0.1) is 11.3 Å². The zero-order valence-electron chi connectivity index (χ0n) is 7.43. The van der Waals surface area contributed by atoms with E-state index in [1.807, 2.05) is 6.07 Å². The lowest BCUT2D eigenvalue weighted by atomic mass is 10.1. The molecule has 15 heavy (non-hydrogen) atoms. The molecule has 0 bridgehead atoms. The van der Waals surface area contributed by atoms with Crippen molar-refractivity contribution in [1.29, 1.82) is 5.26 Å². The van der Waals surface area contributed by atoms with Crippen molar-refractivity contribution in [2.24, 2.45) is 0 Å². The molecule has 1 aromatic rings. The maximum Gasteiger partial charge on any atom is 0.186 e. The number of rotatable bonds is 3. The molecule has 0 heterocycles. The molecule has 1 aromatic carbocycles. The van der Waals surface area contributed by atoms with Gasteiger partial charge < -0.3 is 4.55 Å². The van der Waals surface area contributed by atoms with Crippen LogP contribution in [0.5, 0.6) is 0 Å². The van der Waals surface area contributed by atoms with Crippen molar-refractivity contribution in [3.8, 4) is 6.07 Å². The molecule has 80 valence electrons. The summed E-state index contributed by atoms with van der Waals surface area (Å²) in [4.78, 5) is 0. The zero-order chi connectivity index (χ0) is 11.5. The van der Waals surface area contributed by atoms with Crippen LogP contribution in [-0.4, -0.2) is 12.0 Å². The standard InChI is InChI=1S/C9H7Br2NO2S/c10-9(11,6-12)8(15(13)14)7-4-2-1-3-5-7/h1-5,8H,(H,13,14). The lowest BCUT2D eigenvalue weighted by molar-refractivity contribution is 0.550. The highest BCUT2D eigenvalue weighted by Gasteiger charge is 2.39. The molecule has 0 saturated carbocycles. The molecule has 2 unspecified atom stereocenters. The molecule has 0 radical (unpaired) electrons. The second kappa shape index (κ2) is 5.21. The Bertz CT molecular complexity index is 402. The maximum absolute atomic E-state index is 11.2. The Labute approximate surface area is 107 Å². The summed E-state index contributed by atoms with van der Waals surface area (Å²) in [7, 11) is 0. The van der Waals surface area contributed by atoms with E-state index in [0.29, 0.717) is 5.56 Å². The molecule has 3 nitrogen and oxygen atoms in total. The van der Waals surface area contributed by atoms with Gasteiger partial charge in [0.1, 0.15) is 5.25 Å². The number of nitrogens with zero attached hydrogens (tertiary/aromatic N) is 1. The van der Waals surface area contributed by atoms with Gasteiger partial charge in [-0.1, -0.05) is 62.2 Å². The highest BCUT2D eigenvalue weighted by Crippen LogP contribution is 2.42. The monoisotopic (exact) mass is 351 g/mol. The minimum atomic E-state index is -2.14. The van der Waals surface area contributed by atoms with Gasteiger partial charge in [0, 0.05) is 0 Å². The second-order valence-electron chi connectivity index (χ2n) is 2.80. The summed E-state index contributed by atoms with van der Waals surface area (Å²) in [5.41, 5.74) is 0.619. The molecular formula is C9H7Br2NO2S. The van der Waals surface area contributed by atoms with Gasteiger partial charge in [0.25, 0.3) is 0 Å². The van der Waals surface area contributed by atoms with E-state index in [-0.39, 0.29) is 0 Å². The van der Waals surface area contributed by atoms with Crippen LogP contribution < -0.4 is 0 Å². The van der Waals surface area contributed by atoms with Crippen LogP contribution in [0.2, 0.25) is 0 Å². The lowest BCUT2D eigenvalue weighted by Gasteiger charge is -2.21. The minimum absolute atomic E-state index is 0.619. The van der Waals surface area contributed by atoms with Crippen LogP contribution in [0.4, 0.5) is 0 Å². The summed E-state index contributed by atoms with van der Waals surface area (Å²) in [6, 6.07) is 10.6. The van der Waals surface area contributed by atoms with Crippen LogP contribution in [0.3, 0.4) is 0 Å². The summed E-state index contributed by atoms with van der Waals surface area (Å²) >= 11 is 4.03. The van der Waals surface area contributed by atoms with Crippen molar-refractivity contribution in [2.75, 3.05) is 0 Å². The molecule has 0 amide bonds. The van der Waals surface area contributed by atoms with E-state index in [1.165, 1.54) is 0 Å². The Hall–Kier alpha value is -0.220. The van der Waals surface area contributed by atoms with Crippen LogP contribution in [-0.2, 0) is 11.1 Å². The van der Waals surface area contributed by atoms with Crippen molar-refractivity contribution < 1.29 is 8.76 Å². The first-order valence-corrected chi connectivity index (χ1v) is 6.68. The molecule has 0 aliphatic rings. The van der Waals surface area contributed by atoms with Gasteiger partial charge in [-0.25, -0.2) is 4.21 Å². The quantitative estimate of drug-likeness (QED) is 0.672. The third-order valence-corrected chi connectivity index (χ3v) is 4.69. The molecule has 0 fully saturated rings. The van der Waals surface area contributed by atoms with Crippen LogP contribution in [0.15, 0.2) is 30.3 Å². The van der Waals surface area contributed by atoms with Gasteiger partial charge in [0.05, 0.1) is 6.07 Å². The average Bonchev–Trinajstić information content (AvgIpc) is 2.18. The van der Waals surface area contributed by atoms with Crippen molar-refractivity contribution in [3.63, 3.8) is 0 Å². The van der Waals surface area contributed by atoms with E-state index >= 15 is 0 Å². The van der Waals surface area contributed by atoms with E-state index in [1.54, 1.807) is 30.3 Å². The molecule has 0 spiro atoms. The molecule has 6 heteroatoms. The predicted octanol–water partition coefficient (Wildman–Crippen LogP) is 2.96. The lowest BCUT2D eigenvalue weighted by Crippen LogP contribution is -2.24. The van der Waals surface area contributed by atoms with Gasteiger partial charge in [-0.15, -0.1) is 0 Å². The first kappa shape index (κ1) is 12.8. The van der Waals surface area contributed by atoms with Crippen molar-refractivity contribution in [3.05, 3.63) is 35.9 Å². The number of hydrogen-bond donors (Lipinski definition) is 1. The summed E-state index contributed by atoms with van der Waals surface area (Å²) in [6.45, 7) is 0. The fraction of sp³-hybridized carbons (Fsp3) is 0.222. The Kier molecular flexibility index (Phi) is 4.46. The van der Waals surface area contributed by atoms with E-state index in [2.05, 4.69) is 31.9 Å². The van der Waals surface area contributed by atoms with Crippen molar-refractivity contribution >= 4 is 42.9 Å². The number of benzene rings is 1. The van der Waals surface area contributed by atoms with Gasteiger partial charge >= 0.3 is 0 Å². The molecular weight excluding hydrogens is 346 g/mol. The van der Waals surface area contributed by atoms with Gasteiger partial charge in [-0.05, 0) is 5.56 Å². The van der Waals surface area contributed by atoms with Gasteiger partial charge in [0.2, 0.25) is 0 Å². The van der Waals surface area contributed by atoms with E-state index < -0.39 is 19.6 Å². The number of nitriles is 1. The third-order valence-electron chi connectivity index (χ3n) is 1.78. The minimum Gasteiger partial charge on any atom is -0.306 e.